The van der Waals surface area contributed by atoms with E-state index in [1.54, 1.807) is 18.2 Å². The zero-order valence-corrected chi connectivity index (χ0v) is 11.8. The highest BCUT2D eigenvalue weighted by Crippen LogP contribution is 2.24. The molecule has 1 rings (SSSR count). The number of methoxy groups -OCH3 is 1. The molecule has 1 aromatic rings. The Morgan fingerprint density at radius 2 is 1.94 bits per heavy atom. The van der Waals surface area contributed by atoms with Crippen LogP contribution in [0.2, 0.25) is 0 Å². The van der Waals surface area contributed by atoms with E-state index in [0.717, 1.165) is 0 Å². The van der Waals surface area contributed by atoms with Crippen molar-refractivity contribution in [1.82, 2.24) is 0 Å². The lowest BCUT2D eigenvalue weighted by atomic mass is 10.1. The Hall–Kier alpha value is -0.680. The second-order valence-corrected chi connectivity index (χ2v) is 4.61. The summed E-state index contributed by atoms with van der Waals surface area (Å²) in [5, 5.41) is 0.598. The predicted octanol–water partition coefficient (Wildman–Crippen LogP) is 3.20. The van der Waals surface area contributed by atoms with Crippen molar-refractivity contribution in [3.8, 4) is 0 Å². The number of Topliss-reactive ketones (excluding diaryl/α,β-unsaturated/α-hetero) is 1. The molecule has 0 N–H and O–H groups in total. The number of ether oxygens (including phenoxy) is 1. The van der Waals surface area contributed by atoms with Gasteiger partial charge < -0.3 is 4.74 Å². The summed E-state index contributed by atoms with van der Waals surface area (Å²) < 4.78 is 5.12. The minimum Gasteiger partial charge on any atom is -0.465 e. The van der Waals surface area contributed by atoms with Gasteiger partial charge >= 0.3 is 5.97 Å². The van der Waals surface area contributed by atoms with Gasteiger partial charge in [0.15, 0.2) is 5.78 Å². The van der Waals surface area contributed by atoms with Gasteiger partial charge in [-0.05, 0) is 22.0 Å². The maximum atomic E-state index is 11.7. The second kappa shape index (κ2) is 6.15. The fourth-order valence-corrected chi connectivity index (χ4v) is 2.24. The molecule has 0 saturated carbocycles. The molecule has 0 saturated heterocycles. The first kappa shape index (κ1) is 13.4. The highest BCUT2D eigenvalue weighted by molar-refractivity contribution is 9.10. The zero-order chi connectivity index (χ0) is 12.1. The van der Waals surface area contributed by atoms with Crippen LogP contribution in [0.3, 0.4) is 0 Å². The van der Waals surface area contributed by atoms with Crippen molar-refractivity contribution in [2.75, 3.05) is 12.4 Å². The van der Waals surface area contributed by atoms with E-state index in [9.17, 15) is 9.59 Å². The standard InChI is InChI=1S/C11H10Br2O3/c1-16-11(15)8-4-2-3-7(10(8)13)9(14)5-6-12/h2-4H,5-6H2,1H3. The molecule has 0 bridgehead atoms. The number of carbonyl (C=O) groups excluding carboxylic acids is 2. The number of hydrogen-bond acceptors (Lipinski definition) is 3. The topological polar surface area (TPSA) is 43.4 Å². The third-order valence-electron chi connectivity index (χ3n) is 2.03. The van der Waals surface area contributed by atoms with E-state index in [1.807, 2.05) is 0 Å². The van der Waals surface area contributed by atoms with Crippen molar-refractivity contribution in [1.29, 1.82) is 0 Å². The molecule has 0 radical (unpaired) electrons. The zero-order valence-electron chi connectivity index (χ0n) is 8.63. The summed E-state index contributed by atoms with van der Waals surface area (Å²) in [7, 11) is 1.31. The SMILES string of the molecule is COC(=O)c1cccc(C(=O)CCBr)c1Br. The smallest absolute Gasteiger partial charge is 0.339 e. The highest BCUT2D eigenvalue weighted by Gasteiger charge is 2.16. The van der Waals surface area contributed by atoms with Crippen LogP contribution in [-0.2, 0) is 4.74 Å². The van der Waals surface area contributed by atoms with Gasteiger partial charge in [0, 0.05) is 21.8 Å². The van der Waals surface area contributed by atoms with Gasteiger partial charge in [0.05, 0.1) is 12.7 Å². The van der Waals surface area contributed by atoms with Crippen molar-refractivity contribution in [2.45, 2.75) is 6.42 Å². The van der Waals surface area contributed by atoms with Gasteiger partial charge in [-0.1, -0.05) is 28.1 Å². The van der Waals surface area contributed by atoms with Crippen LogP contribution in [0.25, 0.3) is 0 Å². The van der Waals surface area contributed by atoms with Gasteiger partial charge in [-0.3, -0.25) is 4.79 Å². The van der Waals surface area contributed by atoms with Crippen LogP contribution in [0, 0.1) is 0 Å². The molecular formula is C11H10Br2O3. The highest BCUT2D eigenvalue weighted by atomic mass is 79.9. The quantitative estimate of drug-likeness (QED) is 0.476. The van der Waals surface area contributed by atoms with Gasteiger partial charge in [-0.25, -0.2) is 4.79 Å². The minimum atomic E-state index is -0.458. The van der Waals surface area contributed by atoms with Crippen molar-refractivity contribution in [3.05, 3.63) is 33.8 Å². The Morgan fingerprint density at radius 1 is 1.31 bits per heavy atom. The number of rotatable bonds is 4. The van der Waals surface area contributed by atoms with E-state index >= 15 is 0 Å². The molecule has 0 aliphatic heterocycles. The molecule has 0 spiro atoms. The first-order valence-corrected chi connectivity index (χ1v) is 6.49. The summed E-state index contributed by atoms with van der Waals surface area (Å²) in [6.07, 6.45) is 0.392. The molecule has 0 fully saturated rings. The largest absolute Gasteiger partial charge is 0.465 e. The predicted molar refractivity (Wildman–Crippen MR) is 68.2 cm³/mol. The Bertz CT molecular complexity index is 416. The second-order valence-electron chi connectivity index (χ2n) is 3.02. The molecule has 0 aliphatic rings. The summed E-state index contributed by atoms with van der Waals surface area (Å²) in [4.78, 5) is 23.1. The Kier molecular flexibility index (Phi) is 5.15. The molecule has 3 nitrogen and oxygen atoms in total. The average molecular weight is 350 g/mol. The van der Waals surface area contributed by atoms with E-state index in [1.165, 1.54) is 7.11 Å². The van der Waals surface area contributed by atoms with Crippen LogP contribution < -0.4 is 0 Å². The molecule has 0 amide bonds. The summed E-state index contributed by atoms with van der Waals surface area (Å²) in [6.45, 7) is 0. The number of ketones is 1. The number of halogens is 2. The third kappa shape index (κ3) is 2.92. The van der Waals surface area contributed by atoms with Crippen LogP contribution in [0.4, 0.5) is 0 Å². The number of alkyl halides is 1. The molecule has 16 heavy (non-hydrogen) atoms. The Morgan fingerprint density at radius 3 is 2.50 bits per heavy atom. The van der Waals surface area contributed by atoms with Gasteiger partial charge in [0.2, 0.25) is 0 Å². The van der Waals surface area contributed by atoms with Crippen LogP contribution >= 0.6 is 31.9 Å². The summed E-state index contributed by atoms with van der Waals surface area (Å²) in [5.41, 5.74) is 0.866. The molecule has 0 aliphatic carbocycles. The maximum absolute atomic E-state index is 11.7. The monoisotopic (exact) mass is 348 g/mol. The molecule has 0 atom stereocenters. The molecule has 5 heteroatoms. The molecular weight excluding hydrogens is 340 g/mol. The Labute approximate surface area is 110 Å². The summed E-state index contributed by atoms with van der Waals surface area (Å²) in [6, 6.07) is 4.96. The summed E-state index contributed by atoms with van der Waals surface area (Å²) >= 11 is 6.46. The van der Waals surface area contributed by atoms with Crippen molar-refractivity contribution in [2.24, 2.45) is 0 Å². The Balaban J connectivity index is 3.13. The van der Waals surface area contributed by atoms with Crippen molar-refractivity contribution < 1.29 is 14.3 Å². The van der Waals surface area contributed by atoms with Crippen LogP contribution in [0.5, 0.6) is 0 Å². The molecule has 86 valence electrons. The molecule has 0 unspecified atom stereocenters. The van der Waals surface area contributed by atoms with E-state index in [-0.39, 0.29) is 5.78 Å². The van der Waals surface area contributed by atoms with E-state index in [2.05, 4.69) is 36.6 Å². The third-order valence-corrected chi connectivity index (χ3v) is 3.28. The van der Waals surface area contributed by atoms with Gasteiger partial charge in [0.1, 0.15) is 0 Å². The maximum Gasteiger partial charge on any atom is 0.339 e. The average Bonchev–Trinajstić information content (AvgIpc) is 2.28. The van der Waals surface area contributed by atoms with Crippen LogP contribution in [0.1, 0.15) is 27.1 Å². The lowest BCUT2D eigenvalue weighted by Gasteiger charge is -2.06. The number of hydrogen-bond donors (Lipinski definition) is 0. The van der Waals surface area contributed by atoms with E-state index in [0.29, 0.717) is 27.4 Å². The lowest BCUT2D eigenvalue weighted by Crippen LogP contribution is -2.07. The fourth-order valence-electron chi connectivity index (χ4n) is 1.24. The van der Waals surface area contributed by atoms with Gasteiger partial charge in [-0.2, -0.15) is 0 Å². The van der Waals surface area contributed by atoms with Crippen LogP contribution in [0.15, 0.2) is 22.7 Å². The fraction of sp³-hybridized carbons (Fsp3) is 0.273. The first-order valence-electron chi connectivity index (χ1n) is 4.57. The van der Waals surface area contributed by atoms with Crippen molar-refractivity contribution in [3.63, 3.8) is 0 Å². The molecule has 0 aromatic heterocycles. The summed E-state index contributed by atoms with van der Waals surface area (Å²) in [5.74, 6) is -0.477. The lowest BCUT2D eigenvalue weighted by molar-refractivity contribution is 0.0599. The normalized spacial score (nSPS) is 9.94. The first-order chi connectivity index (χ1) is 7.61. The van der Waals surface area contributed by atoms with Gasteiger partial charge in [-0.15, -0.1) is 0 Å². The molecule has 1 aromatic carbocycles. The van der Waals surface area contributed by atoms with E-state index in [4.69, 9.17) is 0 Å². The number of benzene rings is 1. The van der Waals surface area contributed by atoms with Crippen LogP contribution in [-0.4, -0.2) is 24.2 Å². The van der Waals surface area contributed by atoms with Gasteiger partial charge in [0.25, 0.3) is 0 Å². The van der Waals surface area contributed by atoms with Crippen molar-refractivity contribution >= 4 is 43.6 Å². The number of carbonyl (C=O) groups is 2. The minimum absolute atomic E-state index is 0.0190. The van der Waals surface area contributed by atoms with E-state index < -0.39 is 5.97 Å². The molecule has 0 heterocycles. The number of esters is 1.